The lowest BCUT2D eigenvalue weighted by atomic mass is 9.92. The monoisotopic (exact) mass is 293 g/mol. The van der Waals surface area contributed by atoms with Crippen LogP contribution in [0.3, 0.4) is 0 Å². The molecule has 2 atom stereocenters. The fourth-order valence-electron chi connectivity index (χ4n) is 2.73. The van der Waals surface area contributed by atoms with E-state index in [2.05, 4.69) is 20.1 Å². The van der Waals surface area contributed by atoms with Crippen LogP contribution < -0.4 is 4.90 Å². The van der Waals surface area contributed by atoms with Crippen molar-refractivity contribution in [2.45, 2.75) is 25.9 Å². The van der Waals surface area contributed by atoms with E-state index in [1.807, 2.05) is 24.7 Å². The highest BCUT2D eigenvalue weighted by atomic mass is 32.1. The predicted octanol–water partition coefficient (Wildman–Crippen LogP) is 1.53. The third kappa shape index (κ3) is 2.55. The molecule has 7 heteroatoms. The summed E-state index contributed by atoms with van der Waals surface area (Å²) in [6.45, 7) is 3.76. The van der Waals surface area contributed by atoms with E-state index in [1.165, 1.54) is 0 Å². The lowest BCUT2D eigenvalue weighted by molar-refractivity contribution is 0.0875. The third-order valence-electron chi connectivity index (χ3n) is 3.81. The van der Waals surface area contributed by atoms with Gasteiger partial charge in [-0.05, 0) is 19.8 Å². The van der Waals surface area contributed by atoms with E-state index >= 15 is 0 Å². The van der Waals surface area contributed by atoms with E-state index in [0.29, 0.717) is 0 Å². The van der Waals surface area contributed by atoms with Crippen LogP contribution in [-0.2, 0) is 7.05 Å². The van der Waals surface area contributed by atoms with E-state index in [4.69, 9.17) is 0 Å². The number of aromatic nitrogens is 4. The molecule has 0 aromatic carbocycles. The highest BCUT2D eigenvalue weighted by Gasteiger charge is 2.30. The predicted molar refractivity (Wildman–Crippen MR) is 77.8 cm³/mol. The fourth-order valence-corrected chi connectivity index (χ4v) is 3.45. The SMILES string of the molecule is Cc1nnc(N2CCCC(C(O)c3nccn3C)C2)s1. The molecule has 0 amide bonds. The number of imidazole rings is 1. The Morgan fingerprint density at radius 3 is 2.95 bits per heavy atom. The van der Waals surface area contributed by atoms with Crippen molar-refractivity contribution < 1.29 is 5.11 Å². The zero-order chi connectivity index (χ0) is 14.1. The first-order valence-corrected chi connectivity index (χ1v) is 7.67. The normalized spacial score (nSPS) is 21.1. The largest absolute Gasteiger partial charge is 0.385 e. The second-order valence-corrected chi connectivity index (χ2v) is 6.45. The van der Waals surface area contributed by atoms with Gasteiger partial charge in [0.25, 0.3) is 0 Å². The van der Waals surface area contributed by atoms with Gasteiger partial charge in [0.1, 0.15) is 16.9 Å². The molecule has 3 heterocycles. The molecule has 0 aliphatic carbocycles. The number of aliphatic hydroxyl groups is 1. The number of hydrogen-bond acceptors (Lipinski definition) is 6. The molecular formula is C13H19N5OS. The van der Waals surface area contributed by atoms with Crippen LogP contribution in [0, 0.1) is 12.8 Å². The Bertz CT molecular complexity index is 581. The Labute approximate surface area is 122 Å². The van der Waals surface area contributed by atoms with E-state index in [1.54, 1.807) is 17.5 Å². The maximum Gasteiger partial charge on any atom is 0.208 e. The van der Waals surface area contributed by atoms with Crippen LogP contribution in [0.4, 0.5) is 5.13 Å². The summed E-state index contributed by atoms with van der Waals surface area (Å²) >= 11 is 1.61. The maximum absolute atomic E-state index is 10.5. The molecule has 108 valence electrons. The van der Waals surface area contributed by atoms with Crippen LogP contribution in [0.15, 0.2) is 12.4 Å². The minimum atomic E-state index is -0.521. The van der Waals surface area contributed by atoms with Gasteiger partial charge in [-0.2, -0.15) is 0 Å². The number of nitrogens with zero attached hydrogens (tertiary/aromatic N) is 5. The highest BCUT2D eigenvalue weighted by molar-refractivity contribution is 7.15. The lowest BCUT2D eigenvalue weighted by Crippen LogP contribution is -2.38. The molecule has 3 rings (SSSR count). The van der Waals surface area contributed by atoms with Crippen molar-refractivity contribution in [1.82, 2.24) is 19.7 Å². The van der Waals surface area contributed by atoms with Crippen molar-refractivity contribution in [1.29, 1.82) is 0 Å². The molecule has 0 saturated carbocycles. The molecule has 1 aliphatic rings. The summed E-state index contributed by atoms with van der Waals surface area (Å²) in [6.07, 6.45) is 5.15. The van der Waals surface area contributed by atoms with Gasteiger partial charge in [-0.3, -0.25) is 0 Å². The van der Waals surface area contributed by atoms with E-state index in [0.717, 1.165) is 41.9 Å². The number of rotatable bonds is 3. The minimum absolute atomic E-state index is 0.189. The molecule has 2 aromatic heterocycles. The van der Waals surface area contributed by atoms with Crippen LogP contribution in [0.2, 0.25) is 0 Å². The summed E-state index contributed by atoms with van der Waals surface area (Å²) < 4.78 is 1.89. The second kappa shape index (κ2) is 5.49. The van der Waals surface area contributed by atoms with Crippen LogP contribution in [0.5, 0.6) is 0 Å². The third-order valence-corrected chi connectivity index (χ3v) is 4.71. The molecular weight excluding hydrogens is 274 g/mol. The molecule has 2 aromatic rings. The Morgan fingerprint density at radius 1 is 1.45 bits per heavy atom. The first kappa shape index (κ1) is 13.5. The van der Waals surface area contributed by atoms with Gasteiger partial charge in [-0.1, -0.05) is 11.3 Å². The summed E-state index contributed by atoms with van der Waals surface area (Å²) in [5.74, 6) is 0.930. The summed E-state index contributed by atoms with van der Waals surface area (Å²) in [7, 11) is 1.92. The van der Waals surface area contributed by atoms with Crippen LogP contribution in [-0.4, -0.2) is 37.9 Å². The van der Waals surface area contributed by atoms with Crippen molar-refractivity contribution >= 4 is 16.5 Å². The van der Waals surface area contributed by atoms with Crippen molar-refractivity contribution in [2.24, 2.45) is 13.0 Å². The quantitative estimate of drug-likeness (QED) is 0.929. The second-order valence-electron chi connectivity index (χ2n) is 5.29. The molecule has 1 saturated heterocycles. The number of aryl methyl sites for hydroxylation is 2. The number of hydrogen-bond donors (Lipinski definition) is 1. The van der Waals surface area contributed by atoms with E-state index < -0.39 is 6.10 Å². The summed E-state index contributed by atoms with van der Waals surface area (Å²) in [5.41, 5.74) is 0. The Kier molecular flexibility index (Phi) is 3.71. The molecule has 1 aliphatic heterocycles. The Balaban J connectivity index is 1.73. The van der Waals surface area contributed by atoms with Gasteiger partial charge in [0, 0.05) is 38.4 Å². The Morgan fingerprint density at radius 2 is 2.30 bits per heavy atom. The summed E-state index contributed by atoms with van der Waals surface area (Å²) in [4.78, 5) is 6.49. The molecule has 2 unspecified atom stereocenters. The topological polar surface area (TPSA) is 67.1 Å². The van der Waals surface area contributed by atoms with Gasteiger partial charge in [-0.25, -0.2) is 4.98 Å². The Hall–Kier alpha value is -1.47. The van der Waals surface area contributed by atoms with Gasteiger partial charge in [0.05, 0.1) is 0 Å². The first-order chi connectivity index (χ1) is 9.65. The van der Waals surface area contributed by atoms with Crippen LogP contribution >= 0.6 is 11.3 Å². The van der Waals surface area contributed by atoms with Gasteiger partial charge in [0.15, 0.2) is 0 Å². The van der Waals surface area contributed by atoms with Crippen molar-refractivity contribution in [3.05, 3.63) is 23.2 Å². The standard InChI is InChI=1S/C13H19N5OS/c1-9-15-16-13(20-9)18-6-3-4-10(8-18)11(19)12-14-5-7-17(12)2/h5,7,10-11,19H,3-4,6,8H2,1-2H3. The summed E-state index contributed by atoms with van der Waals surface area (Å²) in [6, 6.07) is 0. The number of anilines is 1. The van der Waals surface area contributed by atoms with Gasteiger partial charge < -0.3 is 14.6 Å². The number of aliphatic hydroxyl groups excluding tert-OH is 1. The average molecular weight is 293 g/mol. The van der Waals surface area contributed by atoms with Crippen LogP contribution in [0.1, 0.15) is 29.8 Å². The smallest absolute Gasteiger partial charge is 0.208 e. The van der Waals surface area contributed by atoms with Gasteiger partial charge >= 0.3 is 0 Å². The molecule has 20 heavy (non-hydrogen) atoms. The molecule has 1 fully saturated rings. The fraction of sp³-hybridized carbons (Fsp3) is 0.615. The van der Waals surface area contributed by atoms with Gasteiger partial charge in [0.2, 0.25) is 5.13 Å². The van der Waals surface area contributed by atoms with E-state index in [-0.39, 0.29) is 5.92 Å². The van der Waals surface area contributed by atoms with Crippen molar-refractivity contribution in [3.8, 4) is 0 Å². The van der Waals surface area contributed by atoms with E-state index in [9.17, 15) is 5.11 Å². The first-order valence-electron chi connectivity index (χ1n) is 6.85. The van der Waals surface area contributed by atoms with Crippen LogP contribution in [0.25, 0.3) is 0 Å². The molecule has 6 nitrogen and oxygen atoms in total. The maximum atomic E-state index is 10.5. The minimum Gasteiger partial charge on any atom is -0.385 e. The molecule has 0 bridgehead atoms. The van der Waals surface area contributed by atoms with Gasteiger partial charge in [-0.15, -0.1) is 10.2 Å². The van der Waals surface area contributed by atoms with Crippen molar-refractivity contribution in [3.63, 3.8) is 0 Å². The highest BCUT2D eigenvalue weighted by Crippen LogP contribution is 2.32. The summed E-state index contributed by atoms with van der Waals surface area (Å²) in [5, 5.41) is 20.8. The number of piperidine rings is 1. The van der Waals surface area contributed by atoms with Crippen molar-refractivity contribution in [2.75, 3.05) is 18.0 Å². The molecule has 0 spiro atoms. The molecule has 0 radical (unpaired) electrons. The zero-order valence-corrected chi connectivity index (χ0v) is 12.5. The molecule has 1 N–H and O–H groups in total. The lowest BCUT2D eigenvalue weighted by Gasteiger charge is -2.34. The zero-order valence-electron chi connectivity index (χ0n) is 11.7. The average Bonchev–Trinajstić information content (AvgIpc) is 3.07.